The van der Waals surface area contributed by atoms with Crippen LogP contribution in [0, 0.1) is 5.82 Å². The number of nitrogens with zero attached hydrogens (tertiary/aromatic N) is 2. The van der Waals surface area contributed by atoms with Crippen LogP contribution in [0.5, 0.6) is 5.75 Å². The Morgan fingerprint density at radius 3 is 2.45 bits per heavy atom. The number of ether oxygens (including phenoxy) is 1. The molecule has 0 spiro atoms. The van der Waals surface area contributed by atoms with Crippen LogP contribution in [0.3, 0.4) is 0 Å². The molecule has 1 aromatic heterocycles. The number of hydrogen-bond acceptors (Lipinski definition) is 4. The Bertz CT molecular complexity index is 1050. The Labute approximate surface area is 182 Å². The zero-order valence-electron chi connectivity index (χ0n) is 18.2. The van der Waals surface area contributed by atoms with Crippen molar-refractivity contribution >= 4 is 5.91 Å². The Balaban J connectivity index is 2.28. The highest BCUT2D eigenvalue weighted by molar-refractivity contribution is 5.99. The summed E-state index contributed by atoms with van der Waals surface area (Å²) in [6.07, 6.45) is 4.12. The van der Waals surface area contributed by atoms with Crippen LogP contribution in [0.4, 0.5) is 4.39 Å². The van der Waals surface area contributed by atoms with Crippen LogP contribution in [0.15, 0.2) is 48.5 Å². The van der Waals surface area contributed by atoms with Crippen LogP contribution >= 0.6 is 0 Å². The van der Waals surface area contributed by atoms with E-state index in [1.165, 1.54) is 13.2 Å². The van der Waals surface area contributed by atoms with Crippen molar-refractivity contribution < 1.29 is 13.9 Å². The number of nitrogens with two attached hydrogens (primary N) is 1. The van der Waals surface area contributed by atoms with Crippen LogP contribution in [-0.4, -0.2) is 23.0 Å². The molecule has 0 fully saturated rings. The molecule has 3 rings (SSSR count). The second-order valence-electron chi connectivity index (χ2n) is 7.60. The molecule has 6 heteroatoms. The van der Waals surface area contributed by atoms with E-state index in [1.807, 2.05) is 30.3 Å². The lowest BCUT2D eigenvalue weighted by atomic mass is 9.91. The minimum absolute atomic E-state index is 0.0272. The van der Waals surface area contributed by atoms with Gasteiger partial charge in [-0.2, -0.15) is 0 Å². The second-order valence-corrected chi connectivity index (χ2v) is 7.60. The maximum Gasteiger partial charge on any atom is 0.268 e. The fourth-order valence-electron chi connectivity index (χ4n) is 3.74. The lowest BCUT2D eigenvalue weighted by Gasteiger charge is -2.20. The minimum atomic E-state index is -0.681. The number of unbranched alkanes of at least 4 members (excludes halogenated alkanes) is 2. The average molecular weight is 422 g/mol. The molecule has 1 amide bonds. The van der Waals surface area contributed by atoms with Crippen LogP contribution in [0.25, 0.3) is 22.5 Å². The van der Waals surface area contributed by atoms with E-state index in [2.05, 4.69) is 18.8 Å². The molecule has 2 aromatic carbocycles. The van der Waals surface area contributed by atoms with Crippen molar-refractivity contribution in [1.29, 1.82) is 0 Å². The molecule has 162 valence electrons. The zero-order valence-corrected chi connectivity index (χ0v) is 18.2. The quantitative estimate of drug-likeness (QED) is 0.447. The van der Waals surface area contributed by atoms with Gasteiger partial charge in [-0.3, -0.25) is 4.79 Å². The number of hydrogen-bond donors (Lipinski definition) is 1. The van der Waals surface area contributed by atoms with E-state index < -0.39 is 11.7 Å². The molecule has 2 N–H and O–H groups in total. The van der Waals surface area contributed by atoms with Crippen molar-refractivity contribution in [2.75, 3.05) is 7.11 Å². The lowest BCUT2D eigenvalue weighted by Crippen LogP contribution is -2.19. The number of rotatable bonds is 9. The third kappa shape index (κ3) is 4.90. The third-order valence-electron chi connectivity index (χ3n) is 5.36. The maximum atomic E-state index is 14.8. The number of carbonyl (C=O) groups excluding carboxylic acids is 1. The van der Waals surface area contributed by atoms with Gasteiger partial charge in [-0.1, -0.05) is 69.5 Å². The third-order valence-corrected chi connectivity index (χ3v) is 5.36. The SMILES string of the molecule is CCCCCC(C)c1nc(-c2c(F)cccc2OC)nc(C(N)=O)c1-c1ccccc1. The molecule has 0 aliphatic heterocycles. The largest absolute Gasteiger partial charge is 0.496 e. The van der Waals surface area contributed by atoms with Crippen molar-refractivity contribution in [3.05, 3.63) is 65.7 Å². The summed E-state index contributed by atoms with van der Waals surface area (Å²) in [4.78, 5) is 21.7. The van der Waals surface area contributed by atoms with E-state index >= 15 is 0 Å². The van der Waals surface area contributed by atoms with Crippen molar-refractivity contribution in [2.45, 2.75) is 45.4 Å². The topological polar surface area (TPSA) is 78.1 Å². The zero-order chi connectivity index (χ0) is 22.4. The number of halogens is 1. The molecular formula is C25H28FN3O2. The number of carbonyl (C=O) groups is 1. The number of primary amides is 1. The summed E-state index contributed by atoms with van der Waals surface area (Å²) < 4.78 is 20.1. The summed E-state index contributed by atoms with van der Waals surface area (Å²) in [5.41, 5.74) is 8.05. The van der Waals surface area contributed by atoms with Gasteiger partial charge >= 0.3 is 0 Å². The molecule has 5 nitrogen and oxygen atoms in total. The molecule has 3 aromatic rings. The van der Waals surface area contributed by atoms with Gasteiger partial charge in [0, 0.05) is 5.56 Å². The Hall–Kier alpha value is -3.28. The maximum absolute atomic E-state index is 14.8. The first kappa shape index (κ1) is 22.4. The Morgan fingerprint density at radius 2 is 1.81 bits per heavy atom. The van der Waals surface area contributed by atoms with Gasteiger partial charge in [-0.25, -0.2) is 14.4 Å². The molecule has 0 aliphatic carbocycles. The van der Waals surface area contributed by atoms with E-state index in [9.17, 15) is 9.18 Å². The van der Waals surface area contributed by atoms with Crippen molar-refractivity contribution in [3.8, 4) is 28.3 Å². The molecule has 31 heavy (non-hydrogen) atoms. The van der Waals surface area contributed by atoms with Gasteiger partial charge in [-0.05, 0) is 30.0 Å². The number of aromatic nitrogens is 2. The summed E-state index contributed by atoms with van der Waals surface area (Å²) in [5.74, 6) is -0.778. The standard InChI is InChI=1S/C25H28FN3O2/c1-4-5-7-11-16(2)22-20(17-12-8-6-9-13-17)23(24(27)30)29-25(28-22)21-18(26)14-10-15-19(21)31-3/h6,8-10,12-16H,4-5,7,11H2,1-3H3,(H2,27,30). The van der Waals surface area contributed by atoms with Crippen molar-refractivity contribution in [1.82, 2.24) is 9.97 Å². The highest BCUT2D eigenvalue weighted by atomic mass is 19.1. The Kier molecular flexibility index (Phi) is 7.34. The van der Waals surface area contributed by atoms with E-state index in [4.69, 9.17) is 15.5 Å². The Morgan fingerprint density at radius 1 is 1.06 bits per heavy atom. The molecule has 1 atom stereocenters. The molecular weight excluding hydrogens is 393 g/mol. The van der Waals surface area contributed by atoms with Gasteiger partial charge in [0.05, 0.1) is 18.4 Å². The monoisotopic (exact) mass is 421 g/mol. The van der Waals surface area contributed by atoms with Gasteiger partial charge in [-0.15, -0.1) is 0 Å². The summed E-state index contributed by atoms with van der Waals surface area (Å²) in [7, 11) is 1.46. The van der Waals surface area contributed by atoms with Gasteiger partial charge in [0.25, 0.3) is 5.91 Å². The first-order valence-corrected chi connectivity index (χ1v) is 10.6. The predicted molar refractivity (Wildman–Crippen MR) is 120 cm³/mol. The molecule has 0 radical (unpaired) electrons. The second kappa shape index (κ2) is 10.2. The van der Waals surface area contributed by atoms with Gasteiger partial charge in [0.15, 0.2) is 5.82 Å². The molecule has 1 unspecified atom stereocenters. The summed E-state index contributed by atoms with van der Waals surface area (Å²) in [5, 5.41) is 0. The highest BCUT2D eigenvalue weighted by Crippen LogP contribution is 2.37. The fraction of sp³-hybridized carbons (Fsp3) is 0.320. The van der Waals surface area contributed by atoms with E-state index in [1.54, 1.807) is 12.1 Å². The number of methoxy groups -OCH3 is 1. The highest BCUT2D eigenvalue weighted by Gasteiger charge is 2.25. The van der Waals surface area contributed by atoms with Crippen LogP contribution in [0.2, 0.25) is 0 Å². The number of amides is 1. The average Bonchev–Trinajstić information content (AvgIpc) is 2.78. The van der Waals surface area contributed by atoms with E-state index in [0.717, 1.165) is 31.2 Å². The van der Waals surface area contributed by atoms with Gasteiger partial charge < -0.3 is 10.5 Å². The van der Waals surface area contributed by atoms with E-state index in [0.29, 0.717) is 17.0 Å². The summed E-state index contributed by atoms with van der Waals surface area (Å²) in [6, 6.07) is 14.0. The minimum Gasteiger partial charge on any atom is -0.496 e. The normalized spacial score (nSPS) is 11.9. The molecule has 0 aliphatic rings. The first-order valence-electron chi connectivity index (χ1n) is 10.6. The molecule has 0 bridgehead atoms. The summed E-state index contributed by atoms with van der Waals surface area (Å²) in [6.45, 7) is 4.22. The predicted octanol–water partition coefficient (Wildman–Crippen LogP) is 5.74. The van der Waals surface area contributed by atoms with Gasteiger partial charge in [0.1, 0.15) is 17.3 Å². The van der Waals surface area contributed by atoms with Crippen molar-refractivity contribution in [3.63, 3.8) is 0 Å². The van der Waals surface area contributed by atoms with E-state index in [-0.39, 0.29) is 23.0 Å². The number of benzene rings is 2. The first-order chi connectivity index (χ1) is 15.0. The van der Waals surface area contributed by atoms with Gasteiger partial charge in [0.2, 0.25) is 0 Å². The van der Waals surface area contributed by atoms with Crippen LogP contribution in [-0.2, 0) is 0 Å². The summed E-state index contributed by atoms with van der Waals surface area (Å²) >= 11 is 0. The molecule has 0 saturated carbocycles. The van der Waals surface area contributed by atoms with Crippen molar-refractivity contribution in [2.24, 2.45) is 5.73 Å². The fourth-order valence-corrected chi connectivity index (χ4v) is 3.74. The van der Waals surface area contributed by atoms with Crippen LogP contribution < -0.4 is 10.5 Å². The van der Waals surface area contributed by atoms with Crippen LogP contribution in [0.1, 0.15) is 61.6 Å². The lowest BCUT2D eigenvalue weighted by molar-refractivity contribution is 0.0996. The molecule has 0 saturated heterocycles. The molecule has 1 heterocycles. The smallest absolute Gasteiger partial charge is 0.268 e.